The van der Waals surface area contributed by atoms with Crippen LogP contribution in [0.15, 0.2) is 0 Å². The molecule has 0 radical (unpaired) electrons. The van der Waals surface area contributed by atoms with E-state index >= 15 is 0 Å². The molecule has 0 spiro atoms. The van der Waals surface area contributed by atoms with Crippen LogP contribution in [-0.2, 0) is 4.74 Å². The van der Waals surface area contributed by atoms with Crippen LogP contribution in [0.1, 0.15) is 39.5 Å². The Balaban J connectivity index is 2.04. The fourth-order valence-corrected chi connectivity index (χ4v) is 1.25. The first-order chi connectivity index (χ1) is 5.74. The van der Waals surface area contributed by atoms with E-state index in [9.17, 15) is 0 Å². The number of rotatable bonds is 5. The van der Waals surface area contributed by atoms with Crippen LogP contribution >= 0.6 is 0 Å². The van der Waals surface area contributed by atoms with Crippen LogP contribution in [0.3, 0.4) is 0 Å². The van der Waals surface area contributed by atoms with E-state index in [1.54, 1.807) is 0 Å². The molecule has 1 fully saturated rings. The van der Waals surface area contributed by atoms with Crippen molar-refractivity contribution in [2.24, 2.45) is 11.7 Å². The molecule has 1 rings (SSSR count). The maximum absolute atomic E-state index is 5.93. The van der Waals surface area contributed by atoms with Crippen molar-refractivity contribution >= 4 is 0 Å². The molecule has 2 atom stereocenters. The zero-order chi connectivity index (χ0) is 8.97. The van der Waals surface area contributed by atoms with Crippen molar-refractivity contribution in [2.75, 3.05) is 6.61 Å². The third-order valence-corrected chi connectivity index (χ3v) is 2.95. The number of ether oxygens (including phenoxy) is 1. The SMILES string of the molecule is CCC(C)C(N)COC1CCC1. The summed E-state index contributed by atoms with van der Waals surface area (Å²) in [6, 6.07) is 0.232. The maximum Gasteiger partial charge on any atom is 0.0623 e. The molecule has 0 saturated heterocycles. The molecule has 1 aliphatic rings. The normalized spacial score (nSPS) is 23.2. The summed E-state index contributed by atoms with van der Waals surface area (Å²) in [6.07, 6.45) is 5.50. The van der Waals surface area contributed by atoms with E-state index in [0.29, 0.717) is 12.0 Å². The van der Waals surface area contributed by atoms with Crippen molar-refractivity contribution < 1.29 is 4.74 Å². The minimum Gasteiger partial charge on any atom is -0.377 e. The minimum atomic E-state index is 0.232. The monoisotopic (exact) mass is 171 g/mol. The van der Waals surface area contributed by atoms with Gasteiger partial charge in [0, 0.05) is 6.04 Å². The van der Waals surface area contributed by atoms with E-state index in [2.05, 4.69) is 13.8 Å². The van der Waals surface area contributed by atoms with Gasteiger partial charge < -0.3 is 10.5 Å². The van der Waals surface area contributed by atoms with Crippen molar-refractivity contribution in [3.63, 3.8) is 0 Å². The molecular weight excluding hydrogens is 150 g/mol. The van der Waals surface area contributed by atoms with Gasteiger partial charge >= 0.3 is 0 Å². The van der Waals surface area contributed by atoms with E-state index in [1.807, 2.05) is 0 Å². The van der Waals surface area contributed by atoms with Gasteiger partial charge in [0.25, 0.3) is 0 Å². The molecule has 0 aromatic heterocycles. The number of nitrogens with two attached hydrogens (primary N) is 1. The summed E-state index contributed by atoms with van der Waals surface area (Å²) in [7, 11) is 0. The molecule has 0 aliphatic heterocycles. The largest absolute Gasteiger partial charge is 0.377 e. The van der Waals surface area contributed by atoms with Crippen molar-refractivity contribution in [2.45, 2.75) is 51.7 Å². The summed E-state index contributed by atoms with van der Waals surface area (Å²) in [4.78, 5) is 0. The zero-order valence-corrected chi connectivity index (χ0v) is 8.25. The second-order valence-electron chi connectivity index (χ2n) is 3.94. The molecule has 0 amide bonds. The van der Waals surface area contributed by atoms with E-state index in [4.69, 9.17) is 10.5 Å². The first-order valence-electron chi connectivity index (χ1n) is 5.11. The highest BCUT2D eigenvalue weighted by Crippen LogP contribution is 2.22. The molecule has 1 aliphatic carbocycles. The summed E-state index contributed by atoms with van der Waals surface area (Å²) >= 11 is 0. The quantitative estimate of drug-likeness (QED) is 0.686. The summed E-state index contributed by atoms with van der Waals surface area (Å²) in [5, 5.41) is 0. The van der Waals surface area contributed by atoms with Gasteiger partial charge in [0.15, 0.2) is 0 Å². The Labute approximate surface area is 75.5 Å². The van der Waals surface area contributed by atoms with Crippen LogP contribution in [0, 0.1) is 5.92 Å². The third-order valence-electron chi connectivity index (χ3n) is 2.95. The van der Waals surface area contributed by atoms with Gasteiger partial charge in [-0.05, 0) is 25.2 Å². The van der Waals surface area contributed by atoms with Crippen molar-refractivity contribution in [3.8, 4) is 0 Å². The predicted octanol–water partition coefficient (Wildman–Crippen LogP) is 1.93. The standard InChI is InChI=1S/C10H21NO/c1-3-8(2)10(11)7-12-9-5-4-6-9/h8-10H,3-7,11H2,1-2H3. The van der Waals surface area contributed by atoms with E-state index in [-0.39, 0.29) is 6.04 Å². The Morgan fingerprint density at radius 3 is 2.58 bits per heavy atom. The lowest BCUT2D eigenvalue weighted by Crippen LogP contribution is -2.36. The van der Waals surface area contributed by atoms with Gasteiger partial charge in [-0.25, -0.2) is 0 Å². The fourth-order valence-electron chi connectivity index (χ4n) is 1.25. The third kappa shape index (κ3) is 2.76. The molecule has 0 aromatic rings. The van der Waals surface area contributed by atoms with Crippen molar-refractivity contribution in [1.29, 1.82) is 0 Å². The maximum atomic E-state index is 5.93. The molecule has 12 heavy (non-hydrogen) atoms. The van der Waals surface area contributed by atoms with E-state index in [1.165, 1.54) is 19.3 Å². The smallest absolute Gasteiger partial charge is 0.0623 e. The van der Waals surface area contributed by atoms with Crippen LogP contribution in [0.25, 0.3) is 0 Å². The average molecular weight is 171 g/mol. The van der Waals surface area contributed by atoms with Gasteiger partial charge in [-0.1, -0.05) is 20.3 Å². The Bertz CT molecular complexity index is 123. The molecule has 2 nitrogen and oxygen atoms in total. The molecular formula is C10H21NO. The lowest BCUT2D eigenvalue weighted by atomic mass is 9.95. The molecule has 1 saturated carbocycles. The zero-order valence-electron chi connectivity index (χ0n) is 8.25. The molecule has 0 aromatic carbocycles. The van der Waals surface area contributed by atoms with Crippen LogP contribution in [0.4, 0.5) is 0 Å². The minimum absolute atomic E-state index is 0.232. The summed E-state index contributed by atoms with van der Waals surface area (Å²) in [5.74, 6) is 0.588. The summed E-state index contributed by atoms with van der Waals surface area (Å²) in [6.45, 7) is 5.11. The van der Waals surface area contributed by atoms with E-state index in [0.717, 1.165) is 13.0 Å². The lowest BCUT2D eigenvalue weighted by molar-refractivity contribution is -0.00988. The summed E-state index contributed by atoms with van der Waals surface area (Å²) in [5.41, 5.74) is 5.93. The van der Waals surface area contributed by atoms with Gasteiger partial charge in [0.1, 0.15) is 0 Å². The Kier molecular flexibility index (Phi) is 4.02. The van der Waals surface area contributed by atoms with Crippen molar-refractivity contribution in [1.82, 2.24) is 0 Å². The first-order valence-corrected chi connectivity index (χ1v) is 5.11. The van der Waals surface area contributed by atoms with Gasteiger partial charge in [0.05, 0.1) is 12.7 Å². The van der Waals surface area contributed by atoms with Gasteiger partial charge in [-0.15, -0.1) is 0 Å². The first kappa shape index (κ1) is 10.0. The second kappa shape index (κ2) is 4.83. The molecule has 0 bridgehead atoms. The van der Waals surface area contributed by atoms with Gasteiger partial charge in [0.2, 0.25) is 0 Å². The lowest BCUT2D eigenvalue weighted by Gasteiger charge is -2.28. The molecule has 72 valence electrons. The fraction of sp³-hybridized carbons (Fsp3) is 1.00. The van der Waals surface area contributed by atoms with Crippen LogP contribution < -0.4 is 5.73 Å². The van der Waals surface area contributed by atoms with Gasteiger partial charge in [-0.3, -0.25) is 0 Å². The molecule has 2 N–H and O–H groups in total. The Morgan fingerprint density at radius 1 is 1.50 bits per heavy atom. The van der Waals surface area contributed by atoms with Crippen LogP contribution in [0.2, 0.25) is 0 Å². The molecule has 2 unspecified atom stereocenters. The summed E-state index contributed by atoms with van der Waals surface area (Å²) < 4.78 is 5.64. The highest BCUT2D eigenvalue weighted by Gasteiger charge is 2.20. The van der Waals surface area contributed by atoms with Crippen LogP contribution in [-0.4, -0.2) is 18.8 Å². The predicted molar refractivity (Wildman–Crippen MR) is 51.0 cm³/mol. The van der Waals surface area contributed by atoms with Gasteiger partial charge in [-0.2, -0.15) is 0 Å². The highest BCUT2D eigenvalue weighted by atomic mass is 16.5. The Hall–Kier alpha value is -0.0800. The molecule has 2 heteroatoms. The average Bonchev–Trinajstić information content (AvgIpc) is 2.00. The van der Waals surface area contributed by atoms with Crippen LogP contribution in [0.5, 0.6) is 0 Å². The second-order valence-corrected chi connectivity index (χ2v) is 3.94. The molecule has 0 heterocycles. The number of hydrogen-bond acceptors (Lipinski definition) is 2. The number of hydrogen-bond donors (Lipinski definition) is 1. The van der Waals surface area contributed by atoms with E-state index < -0.39 is 0 Å². The highest BCUT2D eigenvalue weighted by molar-refractivity contribution is 4.72. The van der Waals surface area contributed by atoms with Crippen molar-refractivity contribution in [3.05, 3.63) is 0 Å². The topological polar surface area (TPSA) is 35.2 Å². The Morgan fingerprint density at radius 2 is 2.17 bits per heavy atom.